The Kier molecular flexibility index (Phi) is 6.26. The zero-order valence-corrected chi connectivity index (χ0v) is 16.0. The number of esters is 1. The maximum absolute atomic E-state index is 12.3. The molecule has 138 valence electrons. The Hall–Kier alpha value is -2.54. The van der Waals surface area contributed by atoms with Crippen LogP contribution in [0.15, 0.2) is 41.3 Å². The molecule has 0 bridgehead atoms. The van der Waals surface area contributed by atoms with Gasteiger partial charge in [0.05, 0.1) is 12.0 Å². The summed E-state index contributed by atoms with van der Waals surface area (Å²) in [5.74, 6) is -0.356. The Morgan fingerprint density at radius 3 is 2.42 bits per heavy atom. The number of methoxy groups -OCH3 is 1. The van der Waals surface area contributed by atoms with Crippen LogP contribution < -0.4 is 4.74 Å². The molecular weight excluding hydrogens is 354 g/mol. The van der Waals surface area contributed by atoms with Crippen molar-refractivity contribution in [3.8, 4) is 5.75 Å². The summed E-state index contributed by atoms with van der Waals surface area (Å²) >= 11 is 0.802. The van der Waals surface area contributed by atoms with Crippen LogP contribution in [-0.2, 0) is 14.3 Å². The van der Waals surface area contributed by atoms with Crippen LogP contribution in [0.3, 0.4) is 0 Å². The number of amides is 2. The first-order chi connectivity index (χ1) is 12.2. The van der Waals surface area contributed by atoms with Gasteiger partial charge in [0, 0.05) is 0 Å². The summed E-state index contributed by atoms with van der Waals surface area (Å²) in [5.41, 5.74) is 0.255. The van der Waals surface area contributed by atoms with Crippen molar-refractivity contribution in [3.63, 3.8) is 0 Å². The number of nitrogens with zero attached hydrogens (tertiary/aromatic N) is 1. The van der Waals surface area contributed by atoms with Gasteiger partial charge in [-0.1, -0.05) is 24.3 Å². The van der Waals surface area contributed by atoms with Crippen LogP contribution in [0, 0.1) is 0 Å². The van der Waals surface area contributed by atoms with Crippen LogP contribution in [0.2, 0.25) is 0 Å². The van der Waals surface area contributed by atoms with Gasteiger partial charge in [0.1, 0.15) is 17.9 Å². The Morgan fingerprint density at radius 1 is 1.19 bits per heavy atom. The lowest BCUT2D eigenvalue weighted by molar-refractivity contribution is -0.156. The Balaban J connectivity index is 2.01. The lowest BCUT2D eigenvalue weighted by atomic mass is 10.2. The highest BCUT2D eigenvalue weighted by atomic mass is 32.2. The molecule has 2 rings (SSSR count). The van der Waals surface area contributed by atoms with Crippen LogP contribution in [0.4, 0.5) is 4.79 Å². The second-order valence-corrected chi connectivity index (χ2v) is 7.50. The average Bonchev–Trinajstić information content (AvgIpc) is 2.81. The quantitative estimate of drug-likeness (QED) is 0.578. The van der Waals surface area contributed by atoms with Gasteiger partial charge in [-0.15, -0.1) is 0 Å². The van der Waals surface area contributed by atoms with Crippen molar-refractivity contribution >= 4 is 35.0 Å². The summed E-state index contributed by atoms with van der Waals surface area (Å²) in [5, 5.41) is -0.482. The van der Waals surface area contributed by atoms with E-state index in [2.05, 4.69) is 0 Å². The SMILES string of the molecule is COc1ccc(/C=C/C=C2/SC(=O)N(CC(=O)OC(C)(C)C)C2=O)cc1. The number of carbonyl (C=O) groups excluding carboxylic acids is 3. The van der Waals surface area contributed by atoms with E-state index < -0.39 is 22.7 Å². The van der Waals surface area contributed by atoms with E-state index >= 15 is 0 Å². The number of benzene rings is 1. The van der Waals surface area contributed by atoms with Crippen molar-refractivity contribution in [1.29, 1.82) is 0 Å². The van der Waals surface area contributed by atoms with Gasteiger partial charge in [0.25, 0.3) is 11.1 Å². The molecule has 7 heteroatoms. The maximum atomic E-state index is 12.3. The molecule has 2 amide bonds. The van der Waals surface area contributed by atoms with Crippen molar-refractivity contribution in [3.05, 3.63) is 46.9 Å². The minimum Gasteiger partial charge on any atom is -0.497 e. The predicted octanol–water partition coefficient (Wildman–Crippen LogP) is 3.63. The van der Waals surface area contributed by atoms with Crippen molar-refractivity contribution in [2.24, 2.45) is 0 Å². The standard InChI is InChI=1S/C19H21NO5S/c1-19(2,3)25-16(21)12-20-17(22)15(26-18(20)23)7-5-6-13-8-10-14(24-4)11-9-13/h5-11H,12H2,1-4H3/b6-5+,15-7+. The molecule has 6 nitrogen and oxygen atoms in total. The molecule has 0 atom stereocenters. The third-order valence-electron chi connectivity index (χ3n) is 3.23. The van der Waals surface area contributed by atoms with Gasteiger partial charge in [-0.25, -0.2) is 0 Å². The van der Waals surface area contributed by atoms with Crippen molar-refractivity contribution < 1.29 is 23.9 Å². The van der Waals surface area contributed by atoms with Gasteiger partial charge in [-0.2, -0.15) is 0 Å². The Morgan fingerprint density at radius 2 is 1.85 bits per heavy atom. The second kappa shape index (κ2) is 8.23. The van der Waals surface area contributed by atoms with Crippen LogP contribution >= 0.6 is 11.8 Å². The minimum atomic E-state index is -0.671. The van der Waals surface area contributed by atoms with Crippen LogP contribution in [0.5, 0.6) is 5.75 Å². The molecule has 0 radical (unpaired) electrons. The fourth-order valence-electron chi connectivity index (χ4n) is 2.11. The first-order valence-corrected chi connectivity index (χ1v) is 8.79. The van der Waals surface area contributed by atoms with E-state index in [0.717, 1.165) is 28.0 Å². The summed E-state index contributed by atoms with van der Waals surface area (Å²) in [4.78, 5) is 37.3. The first kappa shape index (κ1) is 19.8. The lowest BCUT2D eigenvalue weighted by Gasteiger charge is -2.21. The molecule has 1 fully saturated rings. The lowest BCUT2D eigenvalue weighted by Crippen LogP contribution is -2.37. The predicted molar refractivity (Wildman–Crippen MR) is 101 cm³/mol. The Labute approximate surface area is 156 Å². The fourth-order valence-corrected chi connectivity index (χ4v) is 2.90. The van der Waals surface area contributed by atoms with Gasteiger partial charge < -0.3 is 9.47 Å². The van der Waals surface area contributed by atoms with Crippen LogP contribution in [0.25, 0.3) is 6.08 Å². The van der Waals surface area contributed by atoms with Crippen molar-refractivity contribution in [1.82, 2.24) is 4.90 Å². The van der Waals surface area contributed by atoms with Gasteiger partial charge in [-0.05, 0) is 56.3 Å². The molecule has 0 saturated carbocycles. The summed E-state index contributed by atoms with van der Waals surface area (Å²) in [6, 6.07) is 7.40. The molecule has 1 saturated heterocycles. The molecule has 1 aliphatic rings. The smallest absolute Gasteiger partial charge is 0.326 e. The van der Waals surface area contributed by atoms with Gasteiger partial charge in [0.2, 0.25) is 0 Å². The van der Waals surface area contributed by atoms with Crippen LogP contribution in [-0.4, -0.2) is 41.3 Å². The highest BCUT2D eigenvalue weighted by Crippen LogP contribution is 2.30. The zero-order chi connectivity index (χ0) is 19.3. The van der Waals surface area contributed by atoms with Crippen LogP contribution in [0.1, 0.15) is 26.3 Å². The number of carbonyl (C=O) groups is 3. The monoisotopic (exact) mass is 375 g/mol. The molecule has 0 aliphatic carbocycles. The van der Waals surface area contributed by atoms with E-state index in [0.29, 0.717) is 0 Å². The van der Waals surface area contributed by atoms with E-state index in [1.165, 1.54) is 0 Å². The molecule has 1 aromatic carbocycles. The molecule has 0 aromatic heterocycles. The molecule has 1 heterocycles. The number of ether oxygens (including phenoxy) is 2. The van der Waals surface area contributed by atoms with E-state index in [-0.39, 0.29) is 11.4 Å². The number of hydrogen-bond donors (Lipinski definition) is 0. The minimum absolute atomic E-state index is 0.267. The molecular formula is C19H21NO5S. The maximum Gasteiger partial charge on any atom is 0.326 e. The van der Waals surface area contributed by atoms with E-state index in [1.807, 2.05) is 24.3 Å². The summed E-state index contributed by atoms with van der Waals surface area (Å²) in [7, 11) is 1.60. The highest BCUT2D eigenvalue weighted by molar-refractivity contribution is 8.18. The molecule has 0 N–H and O–H groups in total. The molecule has 0 spiro atoms. The topological polar surface area (TPSA) is 72.9 Å². The summed E-state index contributed by atoms with van der Waals surface area (Å²) in [6.07, 6.45) is 5.05. The third-order valence-corrected chi connectivity index (χ3v) is 4.16. The molecule has 1 aliphatic heterocycles. The highest BCUT2D eigenvalue weighted by Gasteiger charge is 2.36. The fraction of sp³-hybridized carbons (Fsp3) is 0.316. The molecule has 1 aromatic rings. The van der Waals surface area contributed by atoms with E-state index in [4.69, 9.17) is 9.47 Å². The molecule has 0 unspecified atom stereocenters. The summed E-state index contributed by atoms with van der Waals surface area (Å²) in [6.45, 7) is 4.79. The number of hydrogen-bond acceptors (Lipinski definition) is 6. The van der Waals surface area contributed by atoms with Gasteiger partial charge in [0.15, 0.2) is 0 Å². The second-order valence-electron chi connectivity index (χ2n) is 6.51. The molecule has 26 heavy (non-hydrogen) atoms. The number of rotatable bonds is 5. The largest absolute Gasteiger partial charge is 0.497 e. The zero-order valence-electron chi connectivity index (χ0n) is 15.1. The number of allylic oxidation sites excluding steroid dienone is 2. The summed E-state index contributed by atoms with van der Waals surface area (Å²) < 4.78 is 10.2. The average molecular weight is 375 g/mol. The number of imide groups is 1. The van der Waals surface area contributed by atoms with Crippen molar-refractivity contribution in [2.75, 3.05) is 13.7 Å². The van der Waals surface area contributed by atoms with Crippen molar-refractivity contribution in [2.45, 2.75) is 26.4 Å². The van der Waals surface area contributed by atoms with Gasteiger partial charge in [-0.3, -0.25) is 19.3 Å². The van der Waals surface area contributed by atoms with Gasteiger partial charge >= 0.3 is 5.97 Å². The normalized spacial score (nSPS) is 16.6. The Bertz CT molecular complexity index is 759. The third kappa shape index (κ3) is 5.49. The van der Waals surface area contributed by atoms with E-state index in [9.17, 15) is 14.4 Å². The number of thioether (sulfide) groups is 1. The van der Waals surface area contributed by atoms with E-state index in [1.54, 1.807) is 46.1 Å². The first-order valence-electron chi connectivity index (χ1n) is 7.97.